The van der Waals surface area contributed by atoms with E-state index in [0.29, 0.717) is 13.2 Å². The van der Waals surface area contributed by atoms with Gasteiger partial charge in [-0.05, 0) is 17.9 Å². The molecule has 1 N–H and O–H groups in total. The second-order valence-corrected chi connectivity index (χ2v) is 5.68. The van der Waals surface area contributed by atoms with E-state index in [4.69, 9.17) is 16.3 Å². The van der Waals surface area contributed by atoms with Gasteiger partial charge in [-0.15, -0.1) is 11.6 Å². The van der Waals surface area contributed by atoms with Crippen LogP contribution in [0.1, 0.15) is 38.8 Å². The van der Waals surface area contributed by atoms with Gasteiger partial charge >= 0.3 is 0 Å². The van der Waals surface area contributed by atoms with Crippen molar-refractivity contribution in [1.29, 1.82) is 0 Å². The molecule has 3 nitrogen and oxygen atoms in total. The summed E-state index contributed by atoms with van der Waals surface area (Å²) < 4.78 is 5.46. The fourth-order valence-electron chi connectivity index (χ4n) is 1.88. The zero-order valence-corrected chi connectivity index (χ0v) is 12.8. The minimum Gasteiger partial charge on any atom is -0.377 e. The van der Waals surface area contributed by atoms with Crippen molar-refractivity contribution in [3.63, 3.8) is 0 Å². The first-order valence-corrected chi connectivity index (χ1v) is 6.99. The highest BCUT2D eigenvalue weighted by molar-refractivity contribution is 6.29. The van der Waals surface area contributed by atoms with Gasteiger partial charge in [-0.3, -0.25) is 4.79 Å². The Hall–Kier alpha value is -1.06. The highest BCUT2D eigenvalue weighted by atomic mass is 35.5. The molecule has 0 saturated carbocycles. The minimum absolute atomic E-state index is 0.0491. The smallest absolute Gasteiger partial charge is 0.239 e. The second-order valence-electron chi connectivity index (χ2n) is 5.41. The van der Waals surface area contributed by atoms with E-state index in [-0.39, 0.29) is 17.2 Å². The molecule has 1 amide bonds. The predicted octanol–water partition coefficient (Wildman–Crippen LogP) is 3.70. The summed E-state index contributed by atoms with van der Waals surface area (Å²) in [5, 5.41) is 2.89. The lowest BCUT2D eigenvalue weighted by Gasteiger charge is -2.25. The summed E-state index contributed by atoms with van der Waals surface area (Å²) in [6, 6.07) is 5.99. The van der Waals surface area contributed by atoms with E-state index in [1.807, 2.05) is 25.1 Å². The Bertz CT molecular complexity index is 438. The molecule has 0 spiro atoms. The highest BCUT2D eigenvalue weighted by Gasteiger charge is 2.21. The largest absolute Gasteiger partial charge is 0.377 e. The van der Waals surface area contributed by atoms with Gasteiger partial charge in [-0.1, -0.05) is 39.0 Å². The van der Waals surface area contributed by atoms with Crippen LogP contribution in [-0.2, 0) is 21.6 Å². The first-order chi connectivity index (χ1) is 8.90. The van der Waals surface area contributed by atoms with E-state index >= 15 is 0 Å². The number of carbonyl (C=O) groups is 1. The van der Waals surface area contributed by atoms with Gasteiger partial charge in [0.1, 0.15) is 5.88 Å². The van der Waals surface area contributed by atoms with Crippen LogP contribution in [0.3, 0.4) is 0 Å². The van der Waals surface area contributed by atoms with E-state index < -0.39 is 0 Å². The van der Waals surface area contributed by atoms with E-state index in [1.165, 1.54) is 0 Å². The Morgan fingerprint density at radius 1 is 1.37 bits per heavy atom. The Morgan fingerprint density at radius 2 is 2.05 bits per heavy atom. The normalized spacial score (nSPS) is 11.4. The van der Waals surface area contributed by atoms with Crippen molar-refractivity contribution in [2.24, 2.45) is 0 Å². The second kappa shape index (κ2) is 6.92. The van der Waals surface area contributed by atoms with Crippen molar-refractivity contribution in [1.82, 2.24) is 0 Å². The molecule has 1 rings (SSSR count). The third-order valence-corrected chi connectivity index (χ3v) is 3.05. The van der Waals surface area contributed by atoms with Gasteiger partial charge in [0.25, 0.3) is 0 Å². The maximum Gasteiger partial charge on any atom is 0.239 e. The molecule has 0 aliphatic carbocycles. The van der Waals surface area contributed by atoms with Crippen molar-refractivity contribution in [2.45, 2.75) is 39.7 Å². The number of hydrogen-bond acceptors (Lipinski definition) is 2. The fourth-order valence-corrected chi connectivity index (χ4v) is 1.94. The molecule has 1 aromatic rings. The maximum absolute atomic E-state index is 11.6. The lowest BCUT2D eigenvalue weighted by Crippen LogP contribution is -2.21. The summed E-state index contributed by atoms with van der Waals surface area (Å²) in [5.41, 5.74) is 2.84. The number of rotatable bonds is 5. The lowest BCUT2D eigenvalue weighted by molar-refractivity contribution is -0.113. The molecule has 0 aromatic heterocycles. The minimum atomic E-state index is -0.198. The zero-order valence-electron chi connectivity index (χ0n) is 12.0. The van der Waals surface area contributed by atoms with Gasteiger partial charge in [-0.25, -0.2) is 0 Å². The van der Waals surface area contributed by atoms with Crippen molar-refractivity contribution in [3.8, 4) is 0 Å². The third kappa shape index (κ3) is 4.51. The summed E-state index contributed by atoms with van der Waals surface area (Å²) in [6.07, 6.45) is 0. The van der Waals surface area contributed by atoms with Crippen LogP contribution < -0.4 is 5.32 Å². The molecule has 0 atom stereocenters. The molecular formula is C15H22ClNO2. The molecule has 0 fully saturated rings. The molecule has 1 aromatic carbocycles. The van der Waals surface area contributed by atoms with Crippen molar-refractivity contribution >= 4 is 23.2 Å². The van der Waals surface area contributed by atoms with Crippen LogP contribution in [0, 0.1) is 0 Å². The Labute approximate surface area is 120 Å². The number of alkyl halides is 1. The number of nitrogens with one attached hydrogen (secondary N) is 1. The summed E-state index contributed by atoms with van der Waals surface area (Å²) in [6.45, 7) is 9.42. The molecule has 4 heteroatoms. The zero-order chi connectivity index (χ0) is 14.5. The predicted molar refractivity (Wildman–Crippen MR) is 79.8 cm³/mol. The molecule has 19 heavy (non-hydrogen) atoms. The van der Waals surface area contributed by atoms with Crippen LogP contribution in [0.25, 0.3) is 0 Å². The molecule has 0 unspecified atom stereocenters. The van der Waals surface area contributed by atoms with Crippen LogP contribution in [-0.4, -0.2) is 18.4 Å². The average molecular weight is 284 g/mol. The summed E-state index contributed by atoms with van der Waals surface area (Å²) in [5.74, 6) is -0.247. The molecule has 0 aliphatic heterocycles. The number of benzene rings is 1. The SMILES string of the molecule is CCOCc1cccc(C(C)(C)C)c1NC(=O)CCl. The van der Waals surface area contributed by atoms with Crippen molar-refractivity contribution < 1.29 is 9.53 Å². The van der Waals surface area contributed by atoms with E-state index in [1.54, 1.807) is 0 Å². The lowest BCUT2D eigenvalue weighted by atomic mass is 9.84. The van der Waals surface area contributed by atoms with Crippen LogP contribution in [0.5, 0.6) is 0 Å². The number of hydrogen-bond donors (Lipinski definition) is 1. The van der Waals surface area contributed by atoms with Crippen molar-refractivity contribution in [3.05, 3.63) is 29.3 Å². The standard InChI is InChI=1S/C15H22ClNO2/c1-5-19-10-11-7-6-8-12(15(2,3)4)14(11)17-13(18)9-16/h6-8H,5,9-10H2,1-4H3,(H,17,18). The van der Waals surface area contributed by atoms with Gasteiger partial charge < -0.3 is 10.1 Å². The number of ether oxygens (including phenoxy) is 1. The monoisotopic (exact) mass is 283 g/mol. The Balaban J connectivity index is 3.19. The first kappa shape index (κ1) is 16.0. The molecular weight excluding hydrogens is 262 g/mol. The van der Waals surface area contributed by atoms with Crippen LogP contribution in [0.2, 0.25) is 0 Å². The molecule has 0 aliphatic rings. The topological polar surface area (TPSA) is 38.3 Å². The fraction of sp³-hybridized carbons (Fsp3) is 0.533. The number of carbonyl (C=O) groups excluding carboxylic acids is 1. The first-order valence-electron chi connectivity index (χ1n) is 6.46. The highest BCUT2D eigenvalue weighted by Crippen LogP contribution is 2.32. The van der Waals surface area contributed by atoms with Crippen LogP contribution in [0.4, 0.5) is 5.69 Å². The van der Waals surface area contributed by atoms with Gasteiger partial charge in [-0.2, -0.15) is 0 Å². The van der Waals surface area contributed by atoms with Crippen molar-refractivity contribution in [2.75, 3.05) is 17.8 Å². The Morgan fingerprint density at radius 3 is 2.58 bits per heavy atom. The molecule has 0 bridgehead atoms. The molecule has 0 heterocycles. The summed E-state index contributed by atoms with van der Waals surface area (Å²) >= 11 is 5.58. The van der Waals surface area contributed by atoms with Gasteiger partial charge in [0.05, 0.1) is 12.3 Å². The van der Waals surface area contributed by atoms with Gasteiger partial charge in [0.2, 0.25) is 5.91 Å². The third-order valence-electron chi connectivity index (χ3n) is 2.81. The van der Waals surface area contributed by atoms with Gasteiger partial charge in [0.15, 0.2) is 0 Å². The maximum atomic E-state index is 11.6. The van der Waals surface area contributed by atoms with Crippen LogP contribution in [0.15, 0.2) is 18.2 Å². The summed E-state index contributed by atoms with van der Waals surface area (Å²) in [4.78, 5) is 11.6. The van der Waals surface area contributed by atoms with E-state index in [2.05, 4.69) is 26.1 Å². The number of amides is 1. The molecule has 0 saturated heterocycles. The van der Waals surface area contributed by atoms with Gasteiger partial charge in [0, 0.05) is 12.2 Å². The number of anilines is 1. The number of para-hydroxylation sites is 1. The van der Waals surface area contributed by atoms with E-state index in [0.717, 1.165) is 16.8 Å². The average Bonchev–Trinajstić information content (AvgIpc) is 2.35. The molecule has 106 valence electrons. The van der Waals surface area contributed by atoms with Crippen LogP contribution >= 0.6 is 11.6 Å². The Kier molecular flexibility index (Phi) is 5.83. The molecule has 0 radical (unpaired) electrons. The quantitative estimate of drug-likeness (QED) is 0.837. The number of halogens is 1. The van der Waals surface area contributed by atoms with E-state index in [9.17, 15) is 4.79 Å². The summed E-state index contributed by atoms with van der Waals surface area (Å²) in [7, 11) is 0.